The van der Waals surface area contributed by atoms with Crippen molar-refractivity contribution < 1.29 is 45.3 Å². The van der Waals surface area contributed by atoms with Crippen molar-refractivity contribution >= 4 is 46.4 Å². The van der Waals surface area contributed by atoms with E-state index in [1.807, 2.05) is 0 Å². The van der Waals surface area contributed by atoms with E-state index in [1.54, 1.807) is 0 Å². The molecule has 30 heavy (non-hydrogen) atoms. The van der Waals surface area contributed by atoms with Crippen LogP contribution in [0.5, 0.6) is 0 Å². The molecule has 0 aliphatic rings. The van der Waals surface area contributed by atoms with Crippen LogP contribution in [-0.2, 0) is 11.2 Å². The topological polar surface area (TPSA) is 40.5 Å². The van der Waals surface area contributed by atoms with Crippen LogP contribution in [0.25, 0.3) is 0 Å². The Morgan fingerprint density at radius 2 is 0.967 bits per heavy atom. The maximum absolute atomic E-state index is 13.8. The van der Waals surface area contributed by atoms with Gasteiger partial charge >= 0.3 is 21.5 Å². The van der Waals surface area contributed by atoms with Crippen LogP contribution in [0.3, 0.4) is 0 Å². The number of rotatable bonds is 8. The van der Waals surface area contributed by atoms with Crippen LogP contribution in [0.1, 0.15) is 42.9 Å². The highest BCUT2D eigenvalue weighted by Gasteiger charge is 2.70. The van der Waals surface area contributed by atoms with E-state index in [9.17, 15) is 45.3 Å². The molecule has 0 heterocycles. The molecular formula is C16H14Cl4F8O2. The van der Waals surface area contributed by atoms with Gasteiger partial charge in [0, 0.05) is 0 Å². The molecule has 0 aliphatic heterocycles. The number of alkyl halides is 12. The Morgan fingerprint density at radius 3 is 1.17 bits per heavy atom. The molecule has 1 aromatic rings. The molecule has 0 saturated heterocycles. The smallest absolute Gasteiger partial charge is 0.361 e. The third-order valence-corrected chi connectivity index (χ3v) is 5.71. The third kappa shape index (κ3) is 4.59. The first-order chi connectivity index (χ1) is 13.1. The highest BCUT2D eigenvalue weighted by Crippen LogP contribution is 2.56. The summed E-state index contributed by atoms with van der Waals surface area (Å²) in [6.45, 7) is 2.84. The van der Waals surface area contributed by atoms with Crippen LogP contribution >= 0.6 is 46.4 Å². The highest BCUT2D eigenvalue weighted by atomic mass is 35.5. The molecule has 0 saturated carbocycles. The van der Waals surface area contributed by atoms with Crippen molar-refractivity contribution in [2.75, 3.05) is 0 Å². The molecule has 174 valence electrons. The summed E-state index contributed by atoms with van der Waals surface area (Å²) in [5.74, 6) is -0.807. The number of aliphatic hydroxyl groups is 2. The standard InChI is InChI=1S/C16H14Cl4F8O2/c1-3-7(2)8-4-9(11(29,13(17,21)22)14(18,23)24)6-10(5-8)12(30,15(19,25)26)16(20,27)28/h4-7,29-30H,3H2,1-2H3. The van der Waals surface area contributed by atoms with Gasteiger partial charge in [-0.05, 0) is 81.5 Å². The van der Waals surface area contributed by atoms with Crippen molar-refractivity contribution in [3.05, 3.63) is 34.9 Å². The van der Waals surface area contributed by atoms with Gasteiger partial charge in [0.25, 0.3) is 0 Å². The van der Waals surface area contributed by atoms with Gasteiger partial charge in [-0.1, -0.05) is 26.0 Å². The summed E-state index contributed by atoms with van der Waals surface area (Å²) in [7, 11) is 0. The molecule has 2 nitrogen and oxygen atoms in total. The molecule has 0 amide bonds. The zero-order valence-electron chi connectivity index (χ0n) is 14.9. The minimum absolute atomic E-state index is 0.128. The first kappa shape index (κ1) is 27.8. The molecule has 1 unspecified atom stereocenters. The van der Waals surface area contributed by atoms with Crippen molar-refractivity contribution in [3.8, 4) is 0 Å². The third-order valence-electron chi connectivity index (χ3n) is 4.61. The summed E-state index contributed by atoms with van der Waals surface area (Å²) in [4.78, 5) is 0. The normalized spacial score (nSPS) is 16.0. The van der Waals surface area contributed by atoms with Gasteiger partial charge < -0.3 is 10.2 Å². The van der Waals surface area contributed by atoms with Gasteiger partial charge in [-0.2, -0.15) is 35.1 Å². The first-order valence-electron chi connectivity index (χ1n) is 7.93. The molecule has 1 atom stereocenters. The first-order valence-corrected chi connectivity index (χ1v) is 9.44. The maximum atomic E-state index is 13.8. The second-order valence-electron chi connectivity index (χ2n) is 6.56. The number of hydrogen-bond acceptors (Lipinski definition) is 2. The molecule has 0 aromatic heterocycles. The largest absolute Gasteiger partial charge is 0.372 e. The second kappa shape index (κ2) is 8.26. The average molecular weight is 532 g/mol. The summed E-state index contributed by atoms with van der Waals surface area (Å²) in [5.41, 5.74) is -13.2. The van der Waals surface area contributed by atoms with Crippen LogP contribution < -0.4 is 0 Å². The van der Waals surface area contributed by atoms with E-state index in [-0.39, 0.29) is 18.1 Å². The monoisotopic (exact) mass is 530 g/mol. The SMILES string of the molecule is CCC(C)c1cc(C(O)(C(F)(F)Cl)C(F)(F)Cl)cc(C(O)(C(F)(F)Cl)C(F)(F)Cl)c1. The Hall–Kier alpha value is -0.260. The molecule has 0 bridgehead atoms. The van der Waals surface area contributed by atoms with Gasteiger partial charge in [-0.3, -0.25) is 0 Å². The Bertz CT molecular complexity index is 684. The van der Waals surface area contributed by atoms with Crippen molar-refractivity contribution in [1.29, 1.82) is 0 Å². The van der Waals surface area contributed by atoms with E-state index in [4.69, 9.17) is 0 Å². The van der Waals surface area contributed by atoms with Crippen LogP contribution in [0.2, 0.25) is 0 Å². The molecule has 0 radical (unpaired) electrons. The second-order valence-corrected chi connectivity index (χ2v) is 8.46. The zero-order chi connectivity index (χ0) is 24.1. The summed E-state index contributed by atoms with van der Waals surface area (Å²) in [6, 6.07) is 0.776. The predicted molar refractivity (Wildman–Crippen MR) is 96.1 cm³/mol. The quantitative estimate of drug-likeness (QED) is 0.283. The van der Waals surface area contributed by atoms with Crippen LogP contribution in [0, 0.1) is 0 Å². The Labute approximate surface area is 185 Å². The minimum Gasteiger partial charge on any atom is -0.372 e. The van der Waals surface area contributed by atoms with Crippen molar-refractivity contribution in [3.63, 3.8) is 0 Å². The maximum Gasteiger partial charge on any atom is 0.361 e. The lowest BCUT2D eigenvalue weighted by Gasteiger charge is -2.39. The minimum atomic E-state index is -5.23. The van der Waals surface area contributed by atoms with E-state index in [0.29, 0.717) is 12.1 Å². The highest BCUT2D eigenvalue weighted by molar-refractivity contribution is 6.27. The van der Waals surface area contributed by atoms with Crippen molar-refractivity contribution in [1.82, 2.24) is 0 Å². The average Bonchev–Trinajstić information content (AvgIpc) is 2.54. The number of benzene rings is 1. The van der Waals surface area contributed by atoms with Crippen LogP contribution in [0.15, 0.2) is 18.2 Å². The fourth-order valence-electron chi connectivity index (χ4n) is 2.57. The van der Waals surface area contributed by atoms with Gasteiger partial charge in [0.15, 0.2) is 0 Å². The summed E-state index contributed by atoms with van der Waals surface area (Å²) in [5, 5.41) is -0.822. The van der Waals surface area contributed by atoms with E-state index in [1.165, 1.54) is 13.8 Å². The Balaban J connectivity index is 4.13. The predicted octanol–water partition coefficient (Wildman–Crippen LogP) is 6.90. The van der Waals surface area contributed by atoms with Gasteiger partial charge in [0.2, 0.25) is 11.2 Å². The van der Waals surface area contributed by atoms with Gasteiger partial charge in [0.1, 0.15) is 0 Å². The summed E-state index contributed by atoms with van der Waals surface area (Å²) < 4.78 is 110. The Morgan fingerprint density at radius 1 is 0.700 bits per heavy atom. The van der Waals surface area contributed by atoms with Crippen molar-refractivity contribution in [2.24, 2.45) is 0 Å². The lowest BCUT2D eigenvalue weighted by atomic mass is 9.83. The van der Waals surface area contributed by atoms with E-state index in [0.717, 1.165) is 0 Å². The molecule has 1 aromatic carbocycles. The van der Waals surface area contributed by atoms with Crippen LogP contribution in [0.4, 0.5) is 35.1 Å². The molecule has 1 rings (SSSR count). The molecule has 0 spiro atoms. The molecule has 0 fully saturated rings. The number of hydrogen-bond donors (Lipinski definition) is 2. The van der Waals surface area contributed by atoms with E-state index >= 15 is 0 Å². The lowest BCUT2D eigenvalue weighted by molar-refractivity contribution is -0.228. The summed E-state index contributed by atoms with van der Waals surface area (Å²) >= 11 is 18.5. The molecular weight excluding hydrogens is 518 g/mol. The summed E-state index contributed by atoms with van der Waals surface area (Å²) in [6.07, 6.45) is 0.128. The van der Waals surface area contributed by atoms with E-state index < -0.39 is 49.8 Å². The van der Waals surface area contributed by atoms with E-state index in [2.05, 4.69) is 46.4 Å². The zero-order valence-corrected chi connectivity index (χ0v) is 18.0. The molecule has 14 heteroatoms. The lowest BCUT2D eigenvalue weighted by Crippen LogP contribution is -2.55. The fourth-order valence-corrected chi connectivity index (χ4v) is 3.57. The van der Waals surface area contributed by atoms with Gasteiger partial charge in [-0.15, -0.1) is 0 Å². The fraction of sp³-hybridized carbons (Fsp3) is 0.625. The van der Waals surface area contributed by atoms with Crippen molar-refractivity contribution in [2.45, 2.75) is 58.9 Å². The van der Waals surface area contributed by atoms with Crippen LogP contribution in [-0.4, -0.2) is 31.7 Å². The van der Waals surface area contributed by atoms with Gasteiger partial charge in [-0.25, -0.2) is 0 Å². The van der Waals surface area contributed by atoms with Gasteiger partial charge in [0.05, 0.1) is 0 Å². The number of halogens is 12. The molecule has 0 aliphatic carbocycles. The molecule has 2 N–H and O–H groups in total. The Kier molecular flexibility index (Phi) is 7.65.